The van der Waals surface area contributed by atoms with Crippen molar-refractivity contribution in [2.24, 2.45) is 0 Å². The average molecular weight is 300 g/mol. The molecule has 0 spiro atoms. The Balaban J connectivity index is 2.47. The maximum atomic E-state index is 12.2. The zero-order chi connectivity index (χ0) is 15.9. The number of hydrogen-bond donors (Lipinski definition) is 1. The van der Waals surface area contributed by atoms with Gasteiger partial charge in [0, 0.05) is 32.3 Å². The summed E-state index contributed by atoms with van der Waals surface area (Å²) >= 11 is 0. The van der Waals surface area contributed by atoms with Gasteiger partial charge in [-0.3, -0.25) is 0 Å². The molecule has 1 N–H and O–H groups in total. The van der Waals surface area contributed by atoms with E-state index < -0.39 is 5.60 Å². The van der Waals surface area contributed by atoms with Crippen molar-refractivity contribution in [3.05, 3.63) is 0 Å². The second-order valence-corrected chi connectivity index (χ2v) is 6.82. The van der Waals surface area contributed by atoms with Crippen LogP contribution < -0.4 is 5.32 Å². The third-order valence-electron chi connectivity index (χ3n) is 3.65. The number of nitrogens with zero attached hydrogens (tertiary/aromatic N) is 1. The highest BCUT2D eigenvalue weighted by Gasteiger charge is 2.32. The maximum absolute atomic E-state index is 12.2. The van der Waals surface area contributed by atoms with Crippen LogP contribution in [0.3, 0.4) is 0 Å². The summed E-state index contributed by atoms with van der Waals surface area (Å²) in [5.41, 5.74) is -0.432. The Morgan fingerprint density at radius 1 is 1.43 bits per heavy atom. The number of ether oxygens (including phenoxy) is 2. The highest BCUT2D eigenvalue weighted by Crippen LogP contribution is 2.20. The van der Waals surface area contributed by atoms with Gasteiger partial charge in [0.05, 0.1) is 6.61 Å². The summed E-state index contributed by atoms with van der Waals surface area (Å²) < 4.78 is 10.7. The summed E-state index contributed by atoms with van der Waals surface area (Å²) in [6.07, 6.45) is 4.12. The van der Waals surface area contributed by atoms with Crippen molar-refractivity contribution in [1.29, 1.82) is 0 Å². The maximum Gasteiger partial charge on any atom is 0.410 e. The normalized spacial score (nSPS) is 20.6. The van der Waals surface area contributed by atoms with E-state index in [1.54, 1.807) is 7.11 Å². The molecule has 1 fully saturated rings. The molecule has 0 bridgehead atoms. The molecule has 0 aliphatic carbocycles. The van der Waals surface area contributed by atoms with Gasteiger partial charge in [-0.05, 0) is 40.0 Å². The fourth-order valence-electron chi connectivity index (χ4n) is 2.71. The smallest absolute Gasteiger partial charge is 0.410 e. The van der Waals surface area contributed by atoms with E-state index in [1.165, 1.54) is 0 Å². The SMILES string of the molecule is CCCC(COC)NCC1CCCN1C(=O)OC(C)(C)C. The molecule has 1 amide bonds. The van der Waals surface area contributed by atoms with Crippen molar-refractivity contribution < 1.29 is 14.3 Å². The minimum Gasteiger partial charge on any atom is -0.444 e. The highest BCUT2D eigenvalue weighted by atomic mass is 16.6. The summed E-state index contributed by atoms with van der Waals surface area (Å²) in [4.78, 5) is 14.1. The number of likely N-dealkylation sites (tertiary alicyclic amines) is 1. The van der Waals surface area contributed by atoms with Gasteiger partial charge >= 0.3 is 6.09 Å². The van der Waals surface area contributed by atoms with Crippen molar-refractivity contribution in [2.45, 2.75) is 71.1 Å². The molecular weight excluding hydrogens is 268 g/mol. The third-order valence-corrected chi connectivity index (χ3v) is 3.65. The Kier molecular flexibility index (Phi) is 7.46. The molecule has 0 saturated carbocycles. The first-order valence-electron chi connectivity index (χ1n) is 8.09. The highest BCUT2D eigenvalue weighted by molar-refractivity contribution is 5.69. The van der Waals surface area contributed by atoms with E-state index in [9.17, 15) is 4.79 Å². The summed E-state index contributed by atoms with van der Waals surface area (Å²) in [5, 5.41) is 3.54. The van der Waals surface area contributed by atoms with Crippen molar-refractivity contribution >= 4 is 6.09 Å². The molecule has 1 aliphatic heterocycles. The third kappa shape index (κ3) is 6.66. The van der Waals surface area contributed by atoms with Gasteiger partial charge in [-0.15, -0.1) is 0 Å². The molecule has 2 unspecified atom stereocenters. The molecule has 1 rings (SSSR count). The van der Waals surface area contributed by atoms with Gasteiger partial charge in [-0.1, -0.05) is 13.3 Å². The Hall–Kier alpha value is -0.810. The van der Waals surface area contributed by atoms with Crippen LogP contribution >= 0.6 is 0 Å². The summed E-state index contributed by atoms with van der Waals surface area (Å²) in [7, 11) is 1.73. The van der Waals surface area contributed by atoms with Crippen LogP contribution in [0.2, 0.25) is 0 Å². The van der Waals surface area contributed by atoms with E-state index in [4.69, 9.17) is 9.47 Å². The largest absolute Gasteiger partial charge is 0.444 e. The second-order valence-electron chi connectivity index (χ2n) is 6.82. The lowest BCUT2D eigenvalue weighted by atomic mass is 10.1. The average Bonchev–Trinajstić information content (AvgIpc) is 2.83. The van der Waals surface area contributed by atoms with Crippen LogP contribution in [0.1, 0.15) is 53.4 Å². The lowest BCUT2D eigenvalue weighted by Gasteiger charge is -2.29. The predicted octanol–water partition coefficient (Wildman–Crippen LogP) is 2.79. The summed E-state index contributed by atoms with van der Waals surface area (Å²) in [5.74, 6) is 0. The molecule has 1 saturated heterocycles. The van der Waals surface area contributed by atoms with E-state index in [1.807, 2.05) is 25.7 Å². The molecule has 0 aromatic heterocycles. The molecule has 2 atom stereocenters. The van der Waals surface area contributed by atoms with Crippen LogP contribution in [0.25, 0.3) is 0 Å². The van der Waals surface area contributed by atoms with Gasteiger partial charge in [-0.2, -0.15) is 0 Å². The van der Waals surface area contributed by atoms with Gasteiger partial charge in [-0.25, -0.2) is 4.79 Å². The zero-order valence-corrected chi connectivity index (χ0v) is 14.3. The number of rotatable bonds is 7. The van der Waals surface area contributed by atoms with E-state index in [-0.39, 0.29) is 12.1 Å². The van der Waals surface area contributed by atoms with Gasteiger partial charge in [0.1, 0.15) is 5.60 Å². The van der Waals surface area contributed by atoms with Gasteiger partial charge in [0.2, 0.25) is 0 Å². The molecule has 5 nitrogen and oxygen atoms in total. The van der Waals surface area contributed by atoms with Gasteiger partial charge in [0.15, 0.2) is 0 Å². The van der Waals surface area contributed by atoms with Crippen LogP contribution in [-0.4, -0.2) is 55.5 Å². The van der Waals surface area contributed by atoms with Crippen LogP contribution in [-0.2, 0) is 9.47 Å². The Morgan fingerprint density at radius 3 is 2.71 bits per heavy atom. The first-order chi connectivity index (χ1) is 9.87. The van der Waals surface area contributed by atoms with E-state index in [2.05, 4.69) is 12.2 Å². The van der Waals surface area contributed by atoms with Gasteiger partial charge < -0.3 is 19.7 Å². The standard InChI is InChI=1S/C16H32N2O3/c1-6-8-13(12-20-5)17-11-14-9-7-10-18(14)15(19)21-16(2,3)4/h13-14,17H,6-12H2,1-5H3. The van der Waals surface area contributed by atoms with Gasteiger partial charge in [0.25, 0.3) is 0 Å². The first-order valence-corrected chi connectivity index (χ1v) is 8.09. The van der Waals surface area contributed by atoms with E-state index in [0.29, 0.717) is 12.6 Å². The van der Waals surface area contributed by atoms with Crippen molar-refractivity contribution in [3.63, 3.8) is 0 Å². The van der Waals surface area contributed by atoms with Crippen LogP contribution in [0.4, 0.5) is 4.79 Å². The molecule has 21 heavy (non-hydrogen) atoms. The Labute approximate surface area is 129 Å². The van der Waals surface area contributed by atoms with Crippen LogP contribution in [0, 0.1) is 0 Å². The molecule has 5 heteroatoms. The lowest BCUT2D eigenvalue weighted by Crippen LogP contribution is -2.46. The number of methoxy groups -OCH3 is 1. The molecular formula is C16H32N2O3. The van der Waals surface area contributed by atoms with Crippen molar-refractivity contribution in [3.8, 4) is 0 Å². The number of nitrogens with one attached hydrogen (secondary N) is 1. The first kappa shape index (κ1) is 18.2. The number of amides is 1. The fourth-order valence-corrected chi connectivity index (χ4v) is 2.71. The molecule has 0 aromatic rings. The molecule has 1 heterocycles. The molecule has 0 radical (unpaired) electrons. The van der Waals surface area contributed by atoms with E-state index >= 15 is 0 Å². The topological polar surface area (TPSA) is 50.8 Å². The minimum absolute atomic E-state index is 0.189. The molecule has 124 valence electrons. The van der Waals surface area contributed by atoms with Crippen LogP contribution in [0.15, 0.2) is 0 Å². The summed E-state index contributed by atoms with van der Waals surface area (Å²) in [6.45, 7) is 10.2. The second kappa shape index (κ2) is 8.59. The summed E-state index contributed by atoms with van der Waals surface area (Å²) in [6, 6.07) is 0.595. The van der Waals surface area contributed by atoms with Crippen LogP contribution in [0.5, 0.6) is 0 Å². The number of hydrogen-bond acceptors (Lipinski definition) is 4. The van der Waals surface area contributed by atoms with E-state index in [0.717, 1.165) is 38.8 Å². The number of carbonyl (C=O) groups excluding carboxylic acids is 1. The fraction of sp³-hybridized carbons (Fsp3) is 0.938. The quantitative estimate of drug-likeness (QED) is 0.785. The zero-order valence-electron chi connectivity index (χ0n) is 14.3. The Bertz CT molecular complexity index is 309. The molecule has 1 aliphatic rings. The monoisotopic (exact) mass is 300 g/mol. The number of carbonyl (C=O) groups is 1. The van der Waals surface area contributed by atoms with Crippen molar-refractivity contribution in [2.75, 3.05) is 26.8 Å². The lowest BCUT2D eigenvalue weighted by molar-refractivity contribution is 0.0222. The minimum atomic E-state index is -0.432. The van der Waals surface area contributed by atoms with Crippen molar-refractivity contribution in [1.82, 2.24) is 10.2 Å². The predicted molar refractivity (Wildman–Crippen MR) is 84.5 cm³/mol. The Morgan fingerprint density at radius 2 is 2.14 bits per heavy atom. The molecule has 0 aromatic carbocycles.